The number of nitrogens with zero attached hydrogens (tertiary/aromatic N) is 1. The second-order valence-electron chi connectivity index (χ2n) is 6.75. The van der Waals surface area contributed by atoms with Crippen molar-refractivity contribution in [3.8, 4) is 11.5 Å². The largest absolute Gasteiger partial charge is 0.490 e. The minimum Gasteiger partial charge on any atom is -0.490 e. The monoisotopic (exact) mass is 414 g/mol. The molecule has 6 heteroatoms. The predicted octanol–water partition coefficient (Wildman–Crippen LogP) is 5.31. The van der Waals surface area contributed by atoms with Crippen molar-refractivity contribution in [1.29, 1.82) is 0 Å². The number of fused-ring (bicyclic) bond motifs is 3. The maximum atomic E-state index is 12.5. The van der Waals surface area contributed by atoms with Gasteiger partial charge in [-0.25, -0.2) is 5.43 Å². The lowest BCUT2D eigenvalue weighted by Crippen LogP contribution is -2.16. The van der Waals surface area contributed by atoms with Gasteiger partial charge in [0.2, 0.25) is 0 Å². The van der Waals surface area contributed by atoms with E-state index in [1.165, 1.54) is 6.21 Å². The standard InChI is InChI=1S/C25H22N2O4/c1-3-13-30-22-11-9-17(14-23(22)29-4-2)16-26-27-25(28)24-15-20-19-8-6-5-7-18(19)10-12-21(20)31-24/h3,5-12,14-16H,1,4,13H2,2H3,(H,27,28)/b26-16-. The lowest BCUT2D eigenvalue weighted by Gasteiger charge is -2.11. The van der Waals surface area contributed by atoms with Crippen molar-refractivity contribution in [3.05, 3.63) is 84.6 Å². The summed E-state index contributed by atoms with van der Waals surface area (Å²) >= 11 is 0. The van der Waals surface area contributed by atoms with Crippen LogP contribution < -0.4 is 14.9 Å². The van der Waals surface area contributed by atoms with Crippen molar-refractivity contribution in [2.24, 2.45) is 5.10 Å². The number of hydrazone groups is 1. The van der Waals surface area contributed by atoms with E-state index < -0.39 is 5.91 Å². The molecule has 4 aromatic rings. The highest BCUT2D eigenvalue weighted by Gasteiger charge is 2.13. The molecule has 0 saturated carbocycles. The van der Waals surface area contributed by atoms with Gasteiger partial charge in [-0.05, 0) is 53.6 Å². The van der Waals surface area contributed by atoms with Crippen molar-refractivity contribution in [2.75, 3.05) is 13.2 Å². The number of carbonyl (C=O) groups is 1. The predicted molar refractivity (Wildman–Crippen MR) is 122 cm³/mol. The average molecular weight is 414 g/mol. The summed E-state index contributed by atoms with van der Waals surface area (Å²) in [7, 11) is 0. The number of hydrogen-bond acceptors (Lipinski definition) is 5. The molecule has 31 heavy (non-hydrogen) atoms. The maximum absolute atomic E-state index is 12.5. The summed E-state index contributed by atoms with van der Waals surface area (Å²) in [5.74, 6) is 1.00. The maximum Gasteiger partial charge on any atom is 0.307 e. The van der Waals surface area contributed by atoms with E-state index in [0.29, 0.717) is 30.3 Å². The Labute approximate surface area is 179 Å². The Bertz CT molecular complexity index is 1270. The summed E-state index contributed by atoms with van der Waals surface area (Å²) in [6.45, 7) is 6.43. The third-order valence-corrected chi connectivity index (χ3v) is 4.65. The molecule has 0 radical (unpaired) electrons. The number of amides is 1. The van der Waals surface area contributed by atoms with E-state index >= 15 is 0 Å². The number of carbonyl (C=O) groups excluding carboxylic acids is 1. The van der Waals surface area contributed by atoms with Crippen LogP contribution in [0.1, 0.15) is 23.0 Å². The van der Waals surface area contributed by atoms with Crippen molar-refractivity contribution >= 4 is 33.9 Å². The van der Waals surface area contributed by atoms with Crippen molar-refractivity contribution in [3.63, 3.8) is 0 Å². The molecule has 1 heterocycles. The number of ether oxygens (including phenoxy) is 2. The Morgan fingerprint density at radius 1 is 1.06 bits per heavy atom. The van der Waals surface area contributed by atoms with Crippen molar-refractivity contribution in [2.45, 2.75) is 6.92 Å². The number of rotatable bonds is 8. The molecule has 4 rings (SSSR count). The van der Waals surface area contributed by atoms with Crippen LogP contribution in [0, 0.1) is 0 Å². The van der Waals surface area contributed by atoms with Crippen LogP contribution >= 0.6 is 0 Å². The first-order valence-electron chi connectivity index (χ1n) is 9.95. The average Bonchev–Trinajstić information content (AvgIpc) is 3.24. The summed E-state index contributed by atoms with van der Waals surface area (Å²) in [6.07, 6.45) is 3.21. The highest BCUT2D eigenvalue weighted by molar-refractivity contribution is 6.08. The smallest absolute Gasteiger partial charge is 0.307 e. The molecule has 1 amide bonds. The molecular formula is C25H22N2O4. The Kier molecular flexibility index (Phi) is 5.98. The van der Waals surface area contributed by atoms with Gasteiger partial charge < -0.3 is 13.9 Å². The molecule has 1 aromatic heterocycles. The molecule has 0 atom stereocenters. The Morgan fingerprint density at radius 2 is 1.94 bits per heavy atom. The van der Waals surface area contributed by atoms with Gasteiger partial charge in [0.25, 0.3) is 0 Å². The van der Waals surface area contributed by atoms with Gasteiger partial charge in [-0.15, -0.1) is 0 Å². The molecule has 0 bridgehead atoms. The van der Waals surface area contributed by atoms with E-state index in [1.807, 2.05) is 49.4 Å². The summed E-state index contributed by atoms with van der Waals surface area (Å²) in [5.41, 5.74) is 3.92. The van der Waals surface area contributed by atoms with Gasteiger partial charge in [-0.3, -0.25) is 4.79 Å². The van der Waals surface area contributed by atoms with Crippen LogP contribution in [0.5, 0.6) is 11.5 Å². The third kappa shape index (κ3) is 4.43. The molecule has 6 nitrogen and oxygen atoms in total. The van der Waals surface area contributed by atoms with Crippen molar-refractivity contribution < 1.29 is 18.7 Å². The quantitative estimate of drug-likeness (QED) is 0.241. The molecule has 156 valence electrons. The minimum absolute atomic E-state index is 0.201. The molecule has 0 fully saturated rings. The SMILES string of the molecule is C=CCOc1ccc(/C=N\NC(=O)c2cc3c(ccc4ccccc43)o2)cc1OCC. The second kappa shape index (κ2) is 9.17. The van der Waals surface area contributed by atoms with E-state index in [0.717, 1.165) is 21.7 Å². The normalized spacial score (nSPS) is 11.1. The van der Waals surface area contributed by atoms with E-state index in [9.17, 15) is 4.79 Å². The van der Waals surface area contributed by atoms with Crippen molar-refractivity contribution in [1.82, 2.24) is 5.43 Å². The second-order valence-corrected chi connectivity index (χ2v) is 6.75. The summed E-state index contributed by atoms with van der Waals surface area (Å²) in [4.78, 5) is 12.5. The van der Waals surface area contributed by atoms with Crippen LogP contribution in [0.4, 0.5) is 0 Å². The van der Waals surface area contributed by atoms with Crippen LogP contribution in [0.25, 0.3) is 21.7 Å². The molecular weight excluding hydrogens is 392 g/mol. The van der Waals surface area contributed by atoms with E-state index in [2.05, 4.69) is 17.1 Å². The summed E-state index contributed by atoms with van der Waals surface area (Å²) in [5, 5.41) is 7.06. The van der Waals surface area contributed by atoms with Crippen LogP contribution in [0.2, 0.25) is 0 Å². The first kappa shape index (κ1) is 20.2. The molecule has 0 unspecified atom stereocenters. The van der Waals surface area contributed by atoms with Crippen LogP contribution in [0.3, 0.4) is 0 Å². The summed E-state index contributed by atoms with van der Waals surface area (Å²) in [6, 6.07) is 19.0. The van der Waals surface area contributed by atoms with Crippen LogP contribution in [0.15, 0.2) is 82.8 Å². The number of nitrogens with one attached hydrogen (secondary N) is 1. The van der Waals surface area contributed by atoms with Gasteiger partial charge in [-0.1, -0.05) is 43.0 Å². The molecule has 3 aromatic carbocycles. The fourth-order valence-electron chi connectivity index (χ4n) is 3.27. The zero-order chi connectivity index (χ0) is 21.6. The zero-order valence-corrected chi connectivity index (χ0v) is 17.1. The van der Waals surface area contributed by atoms with E-state index in [1.54, 1.807) is 24.3 Å². The van der Waals surface area contributed by atoms with Gasteiger partial charge in [0.1, 0.15) is 12.2 Å². The number of furan rings is 1. The number of hydrogen-bond donors (Lipinski definition) is 1. The van der Waals surface area contributed by atoms with Gasteiger partial charge in [0, 0.05) is 5.39 Å². The molecule has 1 N–H and O–H groups in total. The zero-order valence-electron chi connectivity index (χ0n) is 17.1. The van der Waals surface area contributed by atoms with Crippen LogP contribution in [-0.4, -0.2) is 25.3 Å². The highest BCUT2D eigenvalue weighted by Crippen LogP contribution is 2.29. The Balaban J connectivity index is 1.50. The molecule has 0 aliphatic rings. The third-order valence-electron chi connectivity index (χ3n) is 4.65. The van der Waals surface area contributed by atoms with Gasteiger partial charge in [-0.2, -0.15) is 5.10 Å². The van der Waals surface area contributed by atoms with E-state index in [-0.39, 0.29) is 5.76 Å². The molecule has 0 spiro atoms. The fourth-order valence-corrected chi connectivity index (χ4v) is 3.27. The Hall–Kier alpha value is -4.06. The van der Waals surface area contributed by atoms with Gasteiger partial charge in [0.05, 0.1) is 12.8 Å². The molecule has 0 aliphatic carbocycles. The Morgan fingerprint density at radius 3 is 2.77 bits per heavy atom. The van der Waals surface area contributed by atoms with Gasteiger partial charge in [0.15, 0.2) is 17.3 Å². The highest BCUT2D eigenvalue weighted by atomic mass is 16.5. The molecule has 0 saturated heterocycles. The molecule has 0 aliphatic heterocycles. The number of benzene rings is 3. The summed E-state index contributed by atoms with van der Waals surface area (Å²) < 4.78 is 16.9. The van der Waals surface area contributed by atoms with Crippen LogP contribution in [-0.2, 0) is 0 Å². The first-order valence-corrected chi connectivity index (χ1v) is 9.95. The van der Waals surface area contributed by atoms with Gasteiger partial charge >= 0.3 is 5.91 Å². The lowest BCUT2D eigenvalue weighted by atomic mass is 10.1. The topological polar surface area (TPSA) is 73.1 Å². The van der Waals surface area contributed by atoms with E-state index in [4.69, 9.17) is 13.9 Å². The fraction of sp³-hybridized carbons (Fsp3) is 0.120. The first-order chi connectivity index (χ1) is 15.2. The lowest BCUT2D eigenvalue weighted by molar-refractivity contribution is 0.0929. The minimum atomic E-state index is -0.424.